The van der Waals surface area contributed by atoms with Gasteiger partial charge in [0.25, 0.3) is 0 Å². The van der Waals surface area contributed by atoms with Crippen molar-refractivity contribution in [1.29, 1.82) is 0 Å². The number of fused-ring (bicyclic) bond motifs is 9. The van der Waals surface area contributed by atoms with Crippen LogP contribution in [0, 0.1) is 0 Å². The highest BCUT2D eigenvalue weighted by Crippen LogP contribution is 2.51. The predicted molar refractivity (Wildman–Crippen MR) is 179 cm³/mol. The first-order chi connectivity index (χ1) is 21.3. The zero-order valence-electron chi connectivity index (χ0n) is 23.1. The smallest absolute Gasteiger partial charge is 0.135 e. The molecule has 43 heavy (non-hydrogen) atoms. The summed E-state index contributed by atoms with van der Waals surface area (Å²) in [5.74, 6) is 1.80. The highest BCUT2D eigenvalue weighted by Gasteiger charge is 2.25. The topological polar surface area (TPSA) is 29.9 Å². The van der Waals surface area contributed by atoms with Crippen molar-refractivity contribution in [3.63, 3.8) is 0 Å². The van der Waals surface area contributed by atoms with E-state index in [0.717, 1.165) is 33.8 Å². The second kappa shape index (κ2) is 8.37. The summed E-state index contributed by atoms with van der Waals surface area (Å²) in [7, 11) is 0. The molecule has 9 aromatic rings. The Morgan fingerprint density at radius 1 is 0.442 bits per heavy atom. The van der Waals surface area contributed by atoms with Crippen LogP contribution >= 0.6 is 0 Å². The number of hydrogen-bond donors (Lipinski definition) is 1. The zero-order chi connectivity index (χ0) is 28.1. The molecular weight excluding hydrogens is 524 g/mol. The fourth-order valence-electron chi connectivity index (χ4n) is 7.21. The van der Waals surface area contributed by atoms with Crippen LogP contribution in [0.4, 0.5) is 0 Å². The third-order valence-corrected chi connectivity index (χ3v) is 9.10. The van der Waals surface area contributed by atoms with Gasteiger partial charge in [0, 0.05) is 49.2 Å². The fraction of sp³-hybridized carbons (Fsp3) is 0. The summed E-state index contributed by atoms with van der Waals surface area (Å²) in [5, 5.41) is 7.37. The van der Waals surface area contributed by atoms with Gasteiger partial charge in [-0.1, -0.05) is 78.9 Å². The number of aromatic nitrogens is 2. The Morgan fingerprint density at radius 3 is 2.12 bits per heavy atom. The van der Waals surface area contributed by atoms with E-state index in [9.17, 15) is 0 Å². The molecule has 7 aromatic carbocycles. The molecule has 10 rings (SSSR count). The Kier molecular flexibility index (Phi) is 4.45. The number of nitrogens with one attached hydrogen (secondary N) is 1. The van der Waals surface area contributed by atoms with E-state index in [1.165, 1.54) is 60.0 Å². The Labute approximate surface area is 247 Å². The van der Waals surface area contributed by atoms with Gasteiger partial charge in [-0.3, -0.25) is 0 Å². The summed E-state index contributed by atoms with van der Waals surface area (Å²) in [4.78, 5) is 3.56. The normalized spacial score (nSPS) is 12.4. The molecule has 1 aliphatic rings. The molecule has 0 fully saturated rings. The van der Waals surface area contributed by atoms with Gasteiger partial charge in [0.15, 0.2) is 0 Å². The molecule has 3 nitrogen and oxygen atoms in total. The minimum atomic E-state index is 0.888. The summed E-state index contributed by atoms with van der Waals surface area (Å²) >= 11 is 0. The van der Waals surface area contributed by atoms with Crippen LogP contribution in [0.25, 0.3) is 82.3 Å². The molecule has 1 aliphatic heterocycles. The minimum absolute atomic E-state index is 0.888. The van der Waals surface area contributed by atoms with Crippen molar-refractivity contribution in [1.82, 2.24) is 9.55 Å². The molecule has 3 heteroatoms. The van der Waals surface area contributed by atoms with E-state index in [-0.39, 0.29) is 0 Å². The molecule has 0 saturated heterocycles. The van der Waals surface area contributed by atoms with Gasteiger partial charge >= 0.3 is 0 Å². The van der Waals surface area contributed by atoms with Crippen LogP contribution in [0.15, 0.2) is 140 Å². The number of hydrogen-bond acceptors (Lipinski definition) is 1. The van der Waals surface area contributed by atoms with Gasteiger partial charge in [-0.2, -0.15) is 0 Å². The van der Waals surface area contributed by atoms with Crippen molar-refractivity contribution in [3.05, 3.63) is 140 Å². The number of rotatable bonds is 2. The van der Waals surface area contributed by atoms with E-state index in [1.54, 1.807) is 0 Å². The first-order valence-electron chi connectivity index (χ1n) is 14.7. The second-order valence-electron chi connectivity index (χ2n) is 11.4. The molecular formula is C40H24N2O. The fourth-order valence-corrected chi connectivity index (χ4v) is 7.21. The van der Waals surface area contributed by atoms with E-state index < -0.39 is 0 Å². The van der Waals surface area contributed by atoms with Crippen LogP contribution in [0.3, 0.4) is 0 Å². The molecule has 200 valence electrons. The van der Waals surface area contributed by atoms with Gasteiger partial charge < -0.3 is 14.3 Å². The molecule has 0 radical (unpaired) electrons. The molecule has 0 amide bonds. The number of aromatic amines is 1. The molecule has 0 spiro atoms. The average Bonchev–Trinajstić information content (AvgIpc) is 3.60. The van der Waals surface area contributed by atoms with Gasteiger partial charge in [0.05, 0.1) is 11.0 Å². The predicted octanol–water partition coefficient (Wildman–Crippen LogP) is 11.0. The first kappa shape index (κ1) is 22.8. The van der Waals surface area contributed by atoms with Crippen LogP contribution in [-0.4, -0.2) is 9.55 Å². The number of nitrogens with zero attached hydrogens (tertiary/aromatic N) is 1. The Morgan fingerprint density at radius 2 is 1.19 bits per heavy atom. The number of H-pyrrole nitrogens is 1. The molecule has 0 aliphatic carbocycles. The maximum Gasteiger partial charge on any atom is 0.135 e. The van der Waals surface area contributed by atoms with Crippen LogP contribution in [0.5, 0.6) is 11.5 Å². The molecule has 3 heterocycles. The van der Waals surface area contributed by atoms with Crippen molar-refractivity contribution < 1.29 is 4.74 Å². The van der Waals surface area contributed by atoms with Gasteiger partial charge in [0.2, 0.25) is 0 Å². The van der Waals surface area contributed by atoms with Crippen molar-refractivity contribution in [2.45, 2.75) is 0 Å². The largest absolute Gasteiger partial charge is 0.456 e. The summed E-state index contributed by atoms with van der Waals surface area (Å²) in [6, 6.07) is 50.1. The minimum Gasteiger partial charge on any atom is -0.456 e. The maximum atomic E-state index is 6.60. The third kappa shape index (κ3) is 3.14. The Bertz CT molecular complexity index is 2590. The average molecular weight is 549 g/mol. The quantitative estimate of drug-likeness (QED) is 0.229. The SMILES string of the molecule is c1ccc(-n2c3ccccc3c3c4cccc5c4c(cc32)-c2cc(-c3ccc4[nH]c6ccccc6c4c3)ccc2O5)cc1. The van der Waals surface area contributed by atoms with Gasteiger partial charge in [-0.25, -0.2) is 0 Å². The highest BCUT2D eigenvalue weighted by atomic mass is 16.5. The first-order valence-corrected chi connectivity index (χ1v) is 14.7. The van der Waals surface area contributed by atoms with E-state index in [4.69, 9.17) is 4.74 Å². The molecule has 2 aromatic heterocycles. The molecule has 0 atom stereocenters. The monoisotopic (exact) mass is 548 g/mol. The van der Waals surface area contributed by atoms with Crippen molar-refractivity contribution in [3.8, 4) is 39.4 Å². The zero-order valence-corrected chi connectivity index (χ0v) is 23.1. The molecule has 0 unspecified atom stereocenters. The Balaban J connectivity index is 1.27. The lowest BCUT2D eigenvalue weighted by Gasteiger charge is -2.23. The van der Waals surface area contributed by atoms with E-state index >= 15 is 0 Å². The van der Waals surface area contributed by atoms with Crippen molar-refractivity contribution in [2.75, 3.05) is 0 Å². The lowest BCUT2D eigenvalue weighted by molar-refractivity contribution is 0.487. The van der Waals surface area contributed by atoms with Crippen LogP contribution < -0.4 is 4.74 Å². The summed E-state index contributed by atoms with van der Waals surface area (Å²) in [5.41, 5.74) is 10.6. The number of benzene rings is 7. The van der Waals surface area contributed by atoms with Crippen LogP contribution in [0.1, 0.15) is 0 Å². The van der Waals surface area contributed by atoms with E-state index in [1.807, 2.05) is 0 Å². The lowest BCUT2D eigenvalue weighted by atomic mass is 9.90. The molecule has 0 bridgehead atoms. The van der Waals surface area contributed by atoms with Crippen LogP contribution in [0.2, 0.25) is 0 Å². The lowest BCUT2D eigenvalue weighted by Crippen LogP contribution is -1.99. The van der Waals surface area contributed by atoms with Crippen LogP contribution in [-0.2, 0) is 0 Å². The van der Waals surface area contributed by atoms with Gasteiger partial charge in [-0.05, 0) is 82.7 Å². The van der Waals surface area contributed by atoms with Gasteiger partial charge in [0.1, 0.15) is 11.5 Å². The third-order valence-electron chi connectivity index (χ3n) is 9.10. The van der Waals surface area contributed by atoms with Gasteiger partial charge in [-0.15, -0.1) is 0 Å². The maximum absolute atomic E-state index is 6.60. The Hall–Kier alpha value is -5.80. The molecule has 0 saturated carbocycles. The summed E-state index contributed by atoms with van der Waals surface area (Å²) < 4.78 is 9.00. The highest BCUT2D eigenvalue weighted by molar-refractivity contribution is 6.26. The second-order valence-corrected chi connectivity index (χ2v) is 11.4. The molecule has 1 N–H and O–H groups in total. The van der Waals surface area contributed by atoms with E-state index in [2.05, 4.69) is 149 Å². The number of para-hydroxylation sites is 3. The summed E-state index contributed by atoms with van der Waals surface area (Å²) in [6.45, 7) is 0. The van der Waals surface area contributed by atoms with Crippen molar-refractivity contribution >= 4 is 54.4 Å². The standard InChI is InChI=1S/C40H24N2O/c1-2-9-26(10-3-1)42-35-15-7-5-12-28(35)39-29-13-8-16-38-40(29)32(23-36(39)42)31-22-25(18-20-37(31)43-38)24-17-19-34-30(21-24)27-11-4-6-14-33(27)41-34/h1-23,41H. The van der Waals surface area contributed by atoms with Crippen molar-refractivity contribution in [2.24, 2.45) is 0 Å². The summed E-state index contributed by atoms with van der Waals surface area (Å²) in [6.07, 6.45) is 0. The number of ether oxygens (including phenoxy) is 1. The van der Waals surface area contributed by atoms with E-state index in [0.29, 0.717) is 0 Å².